The van der Waals surface area contributed by atoms with Gasteiger partial charge in [0.2, 0.25) is 11.8 Å². The molecule has 0 spiro atoms. The minimum Gasteiger partial charge on any atom is -0.453 e. The van der Waals surface area contributed by atoms with Crippen molar-refractivity contribution >= 4 is 56.3 Å². The smallest absolute Gasteiger partial charge is 0.227 e. The van der Waals surface area contributed by atoms with Crippen molar-refractivity contribution in [2.45, 2.75) is 6.42 Å². The number of hydrogen-bond acceptors (Lipinski definition) is 7. The molecular weight excluding hydrogens is 645 g/mol. The van der Waals surface area contributed by atoms with Crippen molar-refractivity contribution < 1.29 is 13.6 Å². The summed E-state index contributed by atoms with van der Waals surface area (Å²) in [6, 6.07) is 53.8. The Labute approximate surface area is 298 Å². The van der Waals surface area contributed by atoms with Crippen LogP contribution >= 0.6 is 0 Å². The lowest BCUT2D eigenvalue weighted by molar-refractivity contribution is 0.477. The second-order valence-electron chi connectivity index (χ2n) is 13.1. The van der Waals surface area contributed by atoms with E-state index in [2.05, 4.69) is 107 Å². The molecule has 0 atom stereocenters. The molecule has 0 radical (unpaired) electrons. The molecule has 0 bridgehead atoms. The first kappa shape index (κ1) is 28.7. The van der Waals surface area contributed by atoms with Gasteiger partial charge in [-0.25, -0.2) is 9.97 Å². The van der Waals surface area contributed by atoms with Crippen LogP contribution in [0.15, 0.2) is 167 Å². The van der Waals surface area contributed by atoms with Crippen LogP contribution in [0.3, 0.4) is 0 Å². The molecule has 0 aliphatic carbocycles. The standard InChI is InChI=1S/C45H28N4O3/c1-3-11-36-30(9-1)25-31-10-2-4-12-37(31)48(36)32-21-17-28(18-22-32)44-46-34-26-43-35(27-42(34)51-44)47-45(52-43)29-19-23-33(24-20-29)49-38-13-5-7-15-40(38)50-41-16-8-6-14-39(41)49/h1-24,26-27H,25H2. The molecule has 9 aromatic rings. The predicted octanol–water partition coefficient (Wildman–Crippen LogP) is 12.3. The molecule has 7 nitrogen and oxygen atoms in total. The van der Waals surface area contributed by atoms with Crippen molar-refractivity contribution in [1.82, 2.24) is 9.97 Å². The maximum atomic E-state index is 6.29. The third-order valence-electron chi connectivity index (χ3n) is 9.92. The SMILES string of the molecule is c1ccc2c(c1)Cc1ccccc1N2c1ccc(-c2nc3cc4oc(-c5ccc(N6c7ccccc7Oc7ccccc76)cc5)nc4cc3o2)cc1. The molecule has 4 heterocycles. The first-order valence-corrected chi connectivity index (χ1v) is 17.3. The molecule has 0 amide bonds. The van der Waals surface area contributed by atoms with Crippen LogP contribution in [-0.2, 0) is 6.42 Å². The lowest BCUT2D eigenvalue weighted by Gasteiger charge is -2.33. The van der Waals surface area contributed by atoms with Crippen LogP contribution in [0.1, 0.15) is 11.1 Å². The fourth-order valence-electron chi connectivity index (χ4n) is 7.46. The van der Waals surface area contributed by atoms with Crippen LogP contribution in [0, 0.1) is 0 Å². The fraction of sp³-hybridized carbons (Fsp3) is 0.0222. The van der Waals surface area contributed by atoms with Crippen LogP contribution < -0.4 is 14.5 Å². The first-order chi connectivity index (χ1) is 25.7. The van der Waals surface area contributed by atoms with Gasteiger partial charge in [0.05, 0.1) is 11.4 Å². The lowest BCUT2D eigenvalue weighted by atomic mass is 9.95. The van der Waals surface area contributed by atoms with Crippen molar-refractivity contribution in [3.63, 3.8) is 0 Å². The summed E-state index contributed by atoms with van der Waals surface area (Å²) in [5.74, 6) is 2.72. The van der Waals surface area contributed by atoms with E-state index in [1.807, 2.05) is 60.7 Å². The Hall–Kier alpha value is -7.12. The van der Waals surface area contributed by atoms with E-state index in [-0.39, 0.29) is 0 Å². The molecule has 11 rings (SSSR count). The van der Waals surface area contributed by atoms with E-state index in [0.717, 1.165) is 51.8 Å². The second kappa shape index (κ2) is 11.2. The molecule has 0 saturated heterocycles. The summed E-state index contributed by atoms with van der Waals surface area (Å²) in [5.41, 5.74) is 13.6. The Bertz CT molecular complexity index is 2490. The van der Waals surface area contributed by atoms with Gasteiger partial charge in [-0.05, 0) is 96.1 Å². The summed E-state index contributed by atoms with van der Waals surface area (Å²) >= 11 is 0. The Morgan fingerprint density at radius 1 is 0.423 bits per heavy atom. The number of benzene rings is 7. The van der Waals surface area contributed by atoms with Crippen LogP contribution in [0.25, 0.3) is 45.1 Å². The zero-order valence-corrected chi connectivity index (χ0v) is 27.7. The number of nitrogens with zero attached hydrogens (tertiary/aromatic N) is 4. The zero-order valence-electron chi connectivity index (χ0n) is 27.7. The first-order valence-electron chi connectivity index (χ1n) is 17.3. The van der Waals surface area contributed by atoms with E-state index in [0.29, 0.717) is 34.0 Å². The summed E-state index contributed by atoms with van der Waals surface area (Å²) in [4.78, 5) is 14.2. The minimum atomic E-state index is 0.536. The van der Waals surface area contributed by atoms with Gasteiger partial charge in [-0.2, -0.15) is 0 Å². The molecule has 0 fully saturated rings. The van der Waals surface area contributed by atoms with Crippen molar-refractivity contribution in [1.29, 1.82) is 0 Å². The van der Waals surface area contributed by atoms with Crippen LogP contribution in [0.4, 0.5) is 34.1 Å². The Morgan fingerprint density at radius 2 is 0.827 bits per heavy atom. The van der Waals surface area contributed by atoms with Gasteiger partial charge in [-0.15, -0.1) is 0 Å². The highest BCUT2D eigenvalue weighted by Crippen LogP contribution is 2.50. The largest absolute Gasteiger partial charge is 0.453 e. The van der Waals surface area contributed by atoms with E-state index in [9.17, 15) is 0 Å². The number of hydrogen-bond donors (Lipinski definition) is 0. The van der Waals surface area contributed by atoms with E-state index < -0.39 is 0 Å². The zero-order chi connectivity index (χ0) is 34.2. The van der Waals surface area contributed by atoms with E-state index >= 15 is 0 Å². The minimum absolute atomic E-state index is 0.536. The fourth-order valence-corrected chi connectivity index (χ4v) is 7.46. The number of fused-ring (bicyclic) bond motifs is 6. The highest BCUT2D eigenvalue weighted by atomic mass is 16.5. The van der Waals surface area contributed by atoms with E-state index in [1.165, 1.54) is 22.5 Å². The number of para-hydroxylation sites is 6. The molecule has 52 heavy (non-hydrogen) atoms. The van der Waals surface area contributed by atoms with Gasteiger partial charge in [0, 0.05) is 52.4 Å². The average molecular weight is 673 g/mol. The van der Waals surface area contributed by atoms with Gasteiger partial charge in [0.15, 0.2) is 22.7 Å². The Balaban J connectivity index is 0.885. The van der Waals surface area contributed by atoms with Crippen molar-refractivity contribution in [3.8, 4) is 34.4 Å². The summed E-state index contributed by atoms with van der Waals surface area (Å²) in [5, 5.41) is 0. The van der Waals surface area contributed by atoms with Gasteiger partial charge >= 0.3 is 0 Å². The van der Waals surface area contributed by atoms with Crippen LogP contribution in [0.5, 0.6) is 11.5 Å². The molecule has 7 aromatic carbocycles. The number of aromatic nitrogens is 2. The van der Waals surface area contributed by atoms with Crippen molar-refractivity contribution in [2.24, 2.45) is 0 Å². The number of rotatable bonds is 4. The monoisotopic (exact) mass is 672 g/mol. The van der Waals surface area contributed by atoms with Gasteiger partial charge in [-0.3, -0.25) is 0 Å². The molecule has 0 N–H and O–H groups in total. The maximum Gasteiger partial charge on any atom is 0.227 e. The second-order valence-corrected chi connectivity index (χ2v) is 13.1. The summed E-state index contributed by atoms with van der Waals surface area (Å²) in [7, 11) is 0. The van der Waals surface area contributed by atoms with E-state index in [4.69, 9.17) is 23.5 Å². The Kier molecular flexibility index (Phi) is 6.18. The quantitative estimate of drug-likeness (QED) is 0.184. The molecule has 2 aromatic heterocycles. The van der Waals surface area contributed by atoms with E-state index in [1.54, 1.807) is 0 Å². The summed E-state index contributed by atoms with van der Waals surface area (Å²) < 4.78 is 18.8. The maximum absolute atomic E-state index is 6.29. The summed E-state index contributed by atoms with van der Waals surface area (Å²) in [6.07, 6.45) is 0.926. The highest BCUT2D eigenvalue weighted by Gasteiger charge is 2.26. The third-order valence-corrected chi connectivity index (χ3v) is 9.92. The number of anilines is 6. The molecule has 2 aliphatic heterocycles. The highest BCUT2D eigenvalue weighted by molar-refractivity contribution is 5.92. The normalized spacial score (nSPS) is 13.0. The number of ether oxygens (including phenoxy) is 1. The van der Waals surface area contributed by atoms with Gasteiger partial charge in [0.25, 0.3) is 0 Å². The van der Waals surface area contributed by atoms with Crippen molar-refractivity contribution in [2.75, 3.05) is 9.80 Å². The molecule has 246 valence electrons. The Morgan fingerprint density at radius 3 is 1.31 bits per heavy atom. The summed E-state index contributed by atoms with van der Waals surface area (Å²) in [6.45, 7) is 0. The third kappa shape index (κ3) is 4.53. The van der Waals surface area contributed by atoms with Gasteiger partial charge in [-0.1, -0.05) is 60.7 Å². The predicted molar refractivity (Wildman–Crippen MR) is 205 cm³/mol. The molecule has 0 saturated carbocycles. The topological polar surface area (TPSA) is 67.8 Å². The van der Waals surface area contributed by atoms with Crippen LogP contribution in [-0.4, -0.2) is 9.97 Å². The van der Waals surface area contributed by atoms with Crippen molar-refractivity contribution in [3.05, 3.63) is 169 Å². The molecular formula is C45H28N4O3. The van der Waals surface area contributed by atoms with Crippen LogP contribution in [0.2, 0.25) is 0 Å². The van der Waals surface area contributed by atoms with Gasteiger partial charge in [0.1, 0.15) is 11.0 Å². The average Bonchev–Trinajstić information content (AvgIpc) is 3.82. The lowest BCUT2D eigenvalue weighted by Crippen LogP contribution is -2.18. The molecule has 0 unspecified atom stereocenters. The molecule has 7 heteroatoms. The van der Waals surface area contributed by atoms with Gasteiger partial charge < -0.3 is 23.4 Å². The number of oxazole rings is 2. The molecule has 2 aliphatic rings.